The zero-order valence-electron chi connectivity index (χ0n) is 17.8. The van der Waals surface area contributed by atoms with E-state index < -0.39 is 6.04 Å². The molecule has 1 saturated heterocycles. The van der Waals surface area contributed by atoms with Gasteiger partial charge in [0.25, 0.3) is 5.56 Å². The number of fused-ring (bicyclic) bond motifs is 1. The number of anilines is 3. The summed E-state index contributed by atoms with van der Waals surface area (Å²) >= 11 is 6.40. The van der Waals surface area contributed by atoms with Gasteiger partial charge in [0.05, 0.1) is 22.0 Å². The minimum absolute atomic E-state index is 0.000190. The average Bonchev–Trinajstić information content (AvgIpc) is 3.63. The summed E-state index contributed by atoms with van der Waals surface area (Å²) in [5.74, 6) is 0.929. The first-order chi connectivity index (χ1) is 16.0. The molecule has 2 fully saturated rings. The first-order valence-electron chi connectivity index (χ1n) is 10.7. The number of hydrogen-bond acceptors (Lipinski definition) is 10. The van der Waals surface area contributed by atoms with E-state index in [2.05, 4.69) is 20.6 Å². The Morgan fingerprint density at radius 2 is 1.97 bits per heavy atom. The Kier molecular flexibility index (Phi) is 5.39. The average molecular weight is 467 g/mol. The van der Waals surface area contributed by atoms with Gasteiger partial charge in [-0.3, -0.25) is 4.79 Å². The predicted octanol–water partition coefficient (Wildman–Crippen LogP) is 0.980. The van der Waals surface area contributed by atoms with E-state index in [1.165, 1.54) is 0 Å². The van der Waals surface area contributed by atoms with Gasteiger partial charge in [0.1, 0.15) is 17.5 Å². The lowest BCUT2D eigenvalue weighted by Gasteiger charge is -2.34. The smallest absolute Gasteiger partial charge is 0.281 e. The van der Waals surface area contributed by atoms with Gasteiger partial charge in [0, 0.05) is 26.2 Å². The number of aromatic nitrogens is 4. The number of halogens is 1. The van der Waals surface area contributed by atoms with Crippen LogP contribution in [0, 0.1) is 17.2 Å². The Bertz CT molecular complexity index is 1320. The third kappa shape index (κ3) is 3.88. The molecule has 3 aromatic rings. The second-order valence-electron chi connectivity index (χ2n) is 8.19. The number of rotatable bonds is 5. The van der Waals surface area contributed by atoms with Gasteiger partial charge in [0.2, 0.25) is 5.95 Å². The highest BCUT2D eigenvalue weighted by Crippen LogP contribution is 2.43. The normalized spacial score (nSPS) is 17.0. The molecule has 1 saturated carbocycles. The number of nitrogens with zero attached hydrogens (tertiary/aromatic N) is 6. The molecular weight excluding hydrogens is 444 g/mol. The maximum absolute atomic E-state index is 13.7. The Hall–Kier alpha value is -3.62. The number of piperazine rings is 1. The monoisotopic (exact) mass is 466 g/mol. The summed E-state index contributed by atoms with van der Waals surface area (Å²) in [6.07, 6.45) is 1.89. The molecule has 1 aromatic carbocycles. The van der Waals surface area contributed by atoms with E-state index in [0.29, 0.717) is 34.8 Å². The van der Waals surface area contributed by atoms with Gasteiger partial charge in [-0.2, -0.15) is 15.2 Å². The number of benzene rings is 1. The fourth-order valence-electron chi connectivity index (χ4n) is 4.21. The van der Waals surface area contributed by atoms with Crippen LogP contribution in [0.5, 0.6) is 0 Å². The lowest BCUT2D eigenvalue weighted by Crippen LogP contribution is -2.54. The van der Waals surface area contributed by atoms with Crippen molar-refractivity contribution in [2.75, 3.05) is 48.0 Å². The second kappa shape index (κ2) is 8.38. The van der Waals surface area contributed by atoms with E-state index in [-0.39, 0.29) is 34.6 Å². The summed E-state index contributed by atoms with van der Waals surface area (Å²) in [7, 11) is 0. The summed E-state index contributed by atoms with van der Waals surface area (Å²) in [5.41, 5.74) is 12.1. The molecule has 5 rings (SSSR count). The van der Waals surface area contributed by atoms with Crippen LogP contribution >= 0.6 is 11.6 Å². The molecule has 1 aliphatic heterocycles. The number of nitrogen functional groups attached to an aromatic ring is 2. The van der Waals surface area contributed by atoms with Crippen LogP contribution in [0.1, 0.15) is 30.3 Å². The zero-order valence-corrected chi connectivity index (χ0v) is 18.5. The first-order valence-corrected chi connectivity index (χ1v) is 11.1. The Morgan fingerprint density at radius 3 is 2.67 bits per heavy atom. The summed E-state index contributed by atoms with van der Waals surface area (Å²) in [4.78, 5) is 26.7. The second-order valence-corrected chi connectivity index (χ2v) is 8.59. The molecule has 0 unspecified atom stereocenters. The number of nitrogens with two attached hydrogens (primary N) is 2. The van der Waals surface area contributed by atoms with Gasteiger partial charge in [-0.05, 0) is 30.9 Å². The molecule has 11 nitrogen and oxygen atoms in total. The Balaban J connectivity index is 1.70. The van der Waals surface area contributed by atoms with E-state index >= 15 is 0 Å². The quantitative estimate of drug-likeness (QED) is 0.426. The van der Waals surface area contributed by atoms with E-state index in [4.69, 9.17) is 28.1 Å². The van der Waals surface area contributed by atoms with Gasteiger partial charge in [0.15, 0.2) is 11.6 Å². The van der Waals surface area contributed by atoms with E-state index in [1.54, 1.807) is 22.9 Å². The number of nitrogens with one attached hydrogen (secondary N) is 2. The molecule has 0 amide bonds. The molecule has 0 radical (unpaired) electrons. The van der Waals surface area contributed by atoms with E-state index in [1.807, 2.05) is 11.1 Å². The minimum atomic E-state index is -0.392. The highest BCUT2D eigenvalue weighted by Gasteiger charge is 2.38. The molecule has 2 aliphatic rings. The van der Waals surface area contributed by atoms with Crippen LogP contribution in [0.4, 0.5) is 17.6 Å². The van der Waals surface area contributed by atoms with Crippen LogP contribution < -0.4 is 32.7 Å². The molecule has 6 N–H and O–H groups in total. The van der Waals surface area contributed by atoms with Crippen molar-refractivity contribution in [1.82, 2.24) is 24.9 Å². The molecule has 12 heteroatoms. The maximum atomic E-state index is 13.7. The molecule has 3 heterocycles. The molecule has 1 atom stereocenters. The van der Waals surface area contributed by atoms with Gasteiger partial charge in [-0.15, -0.1) is 0 Å². The number of hydrogen-bond donors (Lipinski definition) is 4. The summed E-state index contributed by atoms with van der Waals surface area (Å²) in [6, 6.07) is 6.89. The van der Waals surface area contributed by atoms with Crippen molar-refractivity contribution in [2.24, 2.45) is 5.92 Å². The maximum Gasteiger partial charge on any atom is 0.281 e. The van der Waals surface area contributed by atoms with Crippen molar-refractivity contribution in [3.63, 3.8) is 0 Å². The van der Waals surface area contributed by atoms with Gasteiger partial charge >= 0.3 is 0 Å². The lowest BCUT2D eigenvalue weighted by molar-refractivity contribution is 0.450. The minimum Gasteiger partial charge on any atom is -0.382 e. The predicted molar refractivity (Wildman–Crippen MR) is 126 cm³/mol. The van der Waals surface area contributed by atoms with E-state index in [0.717, 1.165) is 25.9 Å². The molecule has 33 heavy (non-hydrogen) atoms. The molecule has 0 spiro atoms. The highest BCUT2D eigenvalue weighted by molar-refractivity contribution is 6.35. The molecule has 170 valence electrons. The topological polar surface area (TPSA) is 164 Å². The van der Waals surface area contributed by atoms with Crippen LogP contribution in [-0.4, -0.2) is 45.8 Å². The summed E-state index contributed by atoms with van der Waals surface area (Å²) in [5, 5.41) is 18.9. The first kappa shape index (κ1) is 21.2. The van der Waals surface area contributed by atoms with Crippen molar-refractivity contribution < 1.29 is 0 Å². The van der Waals surface area contributed by atoms with Crippen LogP contribution in [0.2, 0.25) is 5.02 Å². The highest BCUT2D eigenvalue weighted by atomic mass is 35.5. The van der Waals surface area contributed by atoms with Crippen molar-refractivity contribution in [1.29, 1.82) is 5.26 Å². The van der Waals surface area contributed by atoms with Gasteiger partial charge < -0.3 is 27.1 Å². The third-order valence-corrected chi connectivity index (χ3v) is 6.27. The van der Waals surface area contributed by atoms with Crippen molar-refractivity contribution in [3.05, 3.63) is 45.0 Å². The van der Waals surface area contributed by atoms with E-state index in [9.17, 15) is 10.1 Å². The SMILES string of the molecule is N#Cc1c(N)nc(N)nc1N[C@H](c1nc2cccc(Cl)c2c(=O)n1N1CCNCC1)C1CC1. The Morgan fingerprint density at radius 1 is 1.21 bits per heavy atom. The standard InChI is InChI=1S/C21H23ClN10O/c22-13-2-1-3-14-15(13)20(33)32(31-8-6-26-7-9-31)19(27-14)16(11-4-5-11)28-18-12(10-23)17(24)29-21(25)30-18/h1-3,11,16,26H,4-9H2,(H5,24,25,28,29,30)/t16-/m0/s1. The fraction of sp³-hybridized carbons (Fsp3) is 0.381. The zero-order chi connectivity index (χ0) is 23.1. The van der Waals surface area contributed by atoms with Crippen molar-refractivity contribution >= 4 is 40.1 Å². The summed E-state index contributed by atoms with van der Waals surface area (Å²) < 4.78 is 1.63. The van der Waals surface area contributed by atoms with Crippen LogP contribution in [0.3, 0.4) is 0 Å². The summed E-state index contributed by atoms with van der Waals surface area (Å²) in [6.45, 7) is 2.76. The Labute approximate surface area is 194 Å². The molecular formula is C21H23ClN10O. The number of nitriles is 1. The third-order valence-electron chi connectivity index (χ3n) is 5.96. The van der Waals surface area contributed by atoms with Gasteiger partial charge in [-0.1, -0.05) is 17.7 Å². The van der Waals surface area contributed by atoms with Crippen LogP contribution in [-0.2, 0) is 0 Å². The lowest BCUT2D eigenvalue weighted by atomic mass is 10.1. The van der Waals surface area contributed by atoms with Crippen LogP contribution in [0.25, 0.3) is 10.9 Å². The van der Waals surface area contributed by atoms with Gasteiger partial charge in [-0.25, -0.2) is 9.66 Å². The van der Waals surface area contributed by atoms with Crippen LogP contribution in [0.15, 0.2) is 23.0 Å². The molecule has 1 aliphatic carbocycles. The largest absolute Gasteiger partial charge is 0.382 e. The molecule has 2 aromatic heterocycles. The molecule has 0 bridgehead atoms. The van der Waals surface area contributed by atoms with Crippen molar-refractivity contribution in [3.8, 4) is 6.07 Å². The van der Waals surface area contributed by atoms with Crippen molar-refractivity contribution in [2.45, 2.75) is 18.9 Å². The fourth-order valence-corrected chi connectivity index (χ4v) is 4.46.